The van der Waals surface area contributed by atoms with Crippen molar-refractivity contribution in [2.45, 2.75) is 39.5 Å². The van der Waals surface area contributed by atoms with Gasteiger partial charge in [0.2, 0.25) is 5.65 Å². The third-order valence-electron chi connectivity index (χ3n) is 3.32. The fourth-order valence-electron chi connectivity index (χ4n) is 2.07. The summed E-state index contributed by atoms with van der Waals surface area (Å²) in [4.78, 5) is 4.33. The summed E-state index contributed by atoms with van der Waals surface area (Å²) >= 11 is 0. The minimum absolute atomic E-state index is 0.704. The van der Waals surface area contributed by atoms with Crippen molar-refractivity contribution in [1.29, 1.82) is 0 Å². The number of aromatic nitrogens is 4. The summed E-state index contributed by atoms with van der Waals surface area (Å²) in [6.07, 6.45) is 10.3. The van der Waals surface area contributed by atoms with Crippen LogP contribution in [0.15, 0.2) is 18.7 Å². The van der Waals surface area contributed by atoms with Crippen molar-refractivity contribution in [3.8, 4) is 0 Å². The van der Waals surface area contributed by atoms with Crippen molar-refractivity contribution in [2.75, 3.05) is 11.9 Å². The zero-order chi connectivity index (χ0) is 12.8. The number of unbranched alkanes of at least 4 members (excludes halogenated alkanes) is 1. The number of hydrogen-bond donors (Lipinski definition) is 1. The highest BCUT2D eigenvalue weighted by atomic mass is 15.2. The third-order valence-corrected chi connectivity index (χ3v) is 3.32. The molecule has 2 rings (SSSR count). The maximum absolute atomic E-state index is 4.33. The molecule has 0 aromatic carbocycles. The predicted octanol–water partition coefficient (Wildman–Crippen LogP) is 2.75. The second kappa shape index (κ2) is 6.33. The van der Waals surface area contributed by atoms with Crippen LogP contribution in [0.2, 0.25) is 0 Å². The molecular weight excluding hydrogens is 226 g/mol. The smallest absolute Gasteiger partial charge is 0.203 e. The molecule has 1 unspecified atom stereocenters. The van der Waals surface area contributed by atoms with Gasteiger partial charge in [0, 0.05) is 18.9 Å². The summed E-state index contributed by atoms with van der Waals surface area (Å²) < 4.78 is 1.88. The first-order valence-corrected chi connectivity index (χ1v) is 6.73. The number of hydrogen-bond acceptors (Lipinski definition) is 4. The molecule has 2 aromatic rings. The SMILES string of the molecule is CCCCC(CC)CNc1nccn2cnnc12. The van der Waals surface area contributed by atoms with Crippen molar-refractivity contribution in [3.63, 3.8) is 0 Å². The molecule has 5 heteroatoms. The lowest BCUT2D eigenvalue weighted by Gasteiger charge is -2.15. The Labute approximate surface area is 108 Å². The van der Waals surface area contributed by atoms with Crippen molar-refractivity contribution < 1.29 is 0 Å². The van der Waals surface area contributed by atoms with Crippen LogP contribution in [-0.4, -0.2) is 26.1 Å². The molecule has 0 radical (unpaired) electrons. The van der Waals surface area contributed by atoms with Crippen LogP contribution in [0.25, 0.3) is 5.65 Å². The fourth-order valence-corrected chi connectivity index (χ4v) is 2.07. The van der Waals surface area contributed by atoms with E-state index in [0.717, 1.165) is 18.0 Å². The predicted molar refractivity (Wildman–Crippen MR) is 72.6 cm³/mol. The molecule has 0 spiro atoms. The first-order chi connectivity index (χ1) is 8.85. The van der Waals surface area contributed by atoms with Crippen LogP contribution in [0, 0.1) is 5.92 Å². The maximum atomic E-state index is 4.33. The van der Waals surface area contributed by atoms with Crippen LogP contribution in [0.3, 0.4) is 0 Å². The van der Waals surface area contributed by atoms with Gasteiger partial charge in [-0.2, -0.15) is 0 Å². The van der Waals surface area contributed by atoms with Crippen molar-refractivity contribution >= 4 is 11.5 Å². The molecule has 18 heavy (non-hydrogen) atoms. The van der Waals surface area contributed by atoms with Gasteiger partial charge < -0.3 is 5.32 Å². The maximum Gasteiger partial charge on any atom is 0.203 e. The molecule has 0 aliphatic heterocycles. The quantitative estimate of drug-likeness (QED) is 0.817. The van der Waals surface area contributed by atoms with E-state index in [1.54, 1.807) is 12.5 Å². The van der Waals surface area contributed by atoms with Gasteiger partial charge in [-0.05, 0) is 12.3 Å². The molecule has 98 valence electrons. The van der Waals surface area contributed by atoms with E-state index in [-0.39, 0.29) is 0 Å². The number of fused-ring (bicyclic) bond motifs is 1. The van der Waals surface area contributed by atoms with Gasteiger partial charge in [-0.15, -0.1) is 10.2 Å². The molecule has 2 heterocycles. The highest BCUT2D eigenvalue weighted by Crippen LogP contribution is 2.15. The lowest BCUT2D eigenvalue weighted by molar-refractivity contribution is 0.472. The van der Waals surface area contributed by atoms with Crippen LogP contribution in [-0.2, 0) is 0 Å². The summed E-state index contributed by atoms with van der Waals surface area (Å²) in [7, 11) is 0. The highest BCUT2D eigenvalue weighted by Gasteiger charge is 2.08. The molecular formula is C13H21N5. The van der Waals surface area contributed by atoms with Gasteiger partial charge in [-0.25, -0.2) is 4.98 Å². The summed E-state index contributed by atoms with van der Waals surface area (Å²) in [6.45, 7) is 5.43. The van der Waals surface area contributed by atoms with Gasteiger partial charge in [0.25, 0.3) is 0 Å². The number of nitrogens with zero attached hydrogens (tertiary/aromatic N) is 4. The van der Waals surface area contributed by atoms with E-state index in [1.165, 1.54) is 25.7 Å². The molecule has 2 aromatic heterocycles. The second-order valence-electron chi connectivity index (χ2n) is 4.64. The standard InChI is InChI=1S/C13H21N5/c1-3-5-6-11(4-2)9-15-12-13-17-16-10-18(13)8-7-14-12/h7-8,10-11H,3-6,9H2,1-2H3,(H,14,15). The molecule has 0 bridgehead atoms. The molecule has 0 saturated heterocycles. The minimum atomic E-state index is 0.704. The highest BCUT2D eigenvalue weighted by molar-refractivity contribution is 5.61. The third kappa shape index (κ3) is 2.97. The zero-order valence-electron chi connectivity index (χ0n) is 11.1. The molecule has 0 aliphatic carbocycles. The second-order valence-corrected chi connectivity index (χ2v) is 4.64. The molecule has 1 atom stereocenters. The molecule has 0 amide bonds. The average Bonchev–Trinajstić information content (AvgIpc) is 2.88. The van der Waals surface area contributed by atoms with E-state index in [2.05, 4.69) is 34.3 Å². The van der Waals surface area contributed by atoms with Gasteiger partial charge in [-0.1, -0.05) is 33.1 Å². The number of nitrogens with one attached hydrogen (secondary N) is 1. The van der Waals surface area contributed by atoms with E-state index in [1.807, 2.05) is 10.6 Å². The van der Waals surface area contributed by atoms with Crippen molar-refractivity contribution in [2.24, 2.45) is 5.92 Å². The largest absolute Gasteiger partial charge is 0.367 e. The van der Waals surface area contributed by atoms with E-state index in [4.69, 9.17) is 0 Å². The summed E-state index contributed by atoms with van der Waals surface area (Å²) in [6, 6.07) is 0. The van der Waals surface area contributed by atoms with E-state index < -0.39 is 0 Å². The lowest BCUT2D eigenvalue weighted by atomic mass is 9.99. The Kier molecular flexibility index (Phi) is 4.50. The van der Waals surface area contributed by atoms with Crippen LogP contribution >= 0.6 is 0 Å². The van der Waals surface area contributed by atoms with Crippen LogP contribution in [0.4, 0.5) is 5.82 Å². The number of anilines is 1. The minimum Gasteiger partial charge on any atom is -0.367 e. The Bertz CT molecular complexity index is 479. The Morgan fingerprint density at radius 3 is 3.06 bits per heavy atom. The Hall–Kier alpha value is -1.65. The molecule has 5 nitrogen and oxygen atoms in total. The van der Waals surface area contributed by atoms with Crippen molar-refractivity contribution in [3.05, 3.63) is 18.7 Å². The Morgan fingerprint density at radius 2 is 2.28 bits per heavy atom. The monoisotopic (exact) mass is 247 g/mol. The molecule has 0 saturated carbocycles. The molecule has 0 aliphatic rings. The Morgan fingerprint density at radius 1 is 1.39 bits per heavy atom. The van der Waals surface area contributed by atoms with Crippen LogP contribution in [0.5, 0.6) is 0 Å². The van der Waals surface area contributed by atoms with Gasteiger partial charge in [-0.3, -0.25) is 4.40 Å². The van der Waals surface area contributed by atoms with E-state index >= 15 is 0 Å². The zero-order valence-corrected chi connectivity index (χ0v) is 11.1. The van der Waals surface area contributed by atoms with Crippen molar-refractivity contribution in [1.82, 2.24) is 19.6 Å². The fraction of sp³-hybridized carbons (Fsp3) is 0.615. The normalized spacial score (nSPS) is 12.8. The summed E-state index contributed by atoms with van der Waals surface area (Å²) in [5, 5.41) is 11.4. The molecule has 1 N–H and O–H groups in total. The molecule has 0 fully saturated rings. The van der Waals surface area contributed by atoms with E-state index in [9.17, 15) is 0 Å². The lowest BCUT2D eigenvalue weighted by Crippen LogP contribution is -2.15. The number of rotatable bonds is 7. The van der Waals surface area contributed by atoms with Gasteiger partial charge >= 0.3 is 0 Å². The Balaban J connectivity index is 1.98. The van der Waals surface area contributed by atoms with Gasteiger partial charge in [0.05, 0.1) is 0 Å². The van der Waals surface area contributed by atoms with Crippen LogP contribution < -0.4 is 5.32 Å². The van der Waals surface area contributed by atoms with Gasteiger partial charge in [0.1, 0.15) is 6.33 Å². The first-order valence-electron chi connectivity index (χ1n) is 6.73. The van der Waals surface area contributed by atoms with Gasteiger partial charge in [0.15, 0.2) is 5.82 Å². The first kappa shape index (κ1) is 12.8. The average molecular weight is 247 g/mol. The van der Waals surface area contributed by atoms with E-state index in [0.29, 0.717) is 5.92 Å². The summed E-state index contributed by atoms with van der Waals surface area (Å²) in [5.41, 5.74) is 0.794. The van der Waals surface area contributed by atoms with Crippen LogP contribution in [0.1, 0.15) is 39.5 Å². The summed E-state index contributed by atoms with van der Waals surface area (Å²) in [5.74, 6) is 1.53. The topological polar surface area (TPSA) is 55.1 Å².